The van der Waals surface area contributed by atoms with E-state index in [1.54, 1.807) is 6.20 Å². The first-order valence-electron chi connectivity index (χ1n) is 9.93. The number of aromatic nitrogens is 1. The Morgan fingerprint density at radius 2 is 1.86 bits per heavy atom. The zero-order valence-electron chi connectivity index (χ0n) is 16.9. The third-order valence-corrected chi connectivity index (χ3v) is 4.95. The highest BCUT2D eigenvalue weighted by Crippen LogP contribution is 2.33. The maximum Gasteiger partial charge on any atom is 0.260 e. The number of pyridine rings is 1. The third-order valence-electron chi connectivity index (χ3n) is 4.95. The van der Waals surface area contributed by atoms with Gasteiger partial charge in [0.2, 0.25) is 0 Å². The molecule has 0 radical (unpaired) electrons. The van der Waals surface area contributed by atoms with Crippen molar-refractivity contribution in [1.82, 2.24) is 4.98 Å². The van der Waals surface area contributed by atoms with Crippen molar-refractivity contribution in [2.24, 2.45) is 0 Å². The Morgan fingerprint density at radius 3 is 2.62 bits per heavy atom. The summed E-state index contributed by atoms with van der Waals surface area (Å²) in [6.07, 6.45) is 2.59. The Balaban J connectivity index is 1.53. The fourth-order valence-electron chi connectivity index (χ4n) is 3.67. The molecular weight excluding hydrogens is 362 g/mol. The minimum atomic E-state index is -0.0231. The number of nitrogens with zero attached hydrogens (tertiary/aromatic N) is 2. The van der Waals surface area contributed by atoms with Gasteiger partial charge in [-0.25, -0.2) is 4.98 Å². The number of carbonyl (C=O) groups excluding carboxylic acids is 1. The number of hydrogen-bond donors (Lipinski definition) is 1. The first kappa shape index (κ1) is 19.0. The molecule has 1 atom stereocenters. The number of para-hydroxylation sites is 3. The van der Waals surface area contributed by atoms with Crippen LogP contribution in [0.3, 0.4) is 0 Å². The average Bonchev–Trinajstić information content (AvgIpc) is 3.05. The van der Waals surface area contributed by atoms with Crippen LogP contribution in [0, 0.1) is 0 Å². The SMILES string of the molecule is CC(C)Oc1ccccc1Nc1ccc(C(=O)N2c3ccccc3CC2C)cn1. The first-order chi connectivity index (χ1) is 14.0. The molecule has 0 bridgehead atoms. The number of benzene rings is 2. The summed E-state index contributed by atoms with van der Waals surface area (Å²) in [6.45, 7) is 6.06. The molecule has 5 heteroatoms. The van der Waals surface area contributed by atoms with E-state index in [0.717, 1.165) is 23.5 Å². The fourth-order valence-corrected chi connectivity index (χ4v) is 3.67. The lowest BCUT2D eigenvalue weighted by molar-refractivity contribution is 0.0981. The highest BCUT2D eigenvalue weighted by Gasteiger charge is 2.31. The summed E-state index contributed by atoms with van der Waals surface area (Å²) in [7, 11) is 0. The van der Waals surface area contributed by atoms with Gasteiger partial charge < -0.3 is 15.0 Å². The summed E-state index contributed by atoms with van der Waals surface area (Å²) < 4.78 is 5.84. The molecule has 29 heavy (non-hydrogen) atoms. The Kier molecular flexibility index (Phi) is 5.21. The van der Waals surface area contributed by atoms with Crippen LogP contribution in [0.25, 0.3) is 0 Å². The number of amides is 1. The maximum atomic E-state index is 13.1. The van der Waals surface area contributed by atoms with E-state index in [1.165, 1.54) is 5.56 Å². The minimum Gasteiger partial charge on any atom is -0.489 e. The molecule has 0 fully saturated rings. The number of ether oxygens (including phenoxy) is 1. The topological polar surface area (TPSA) is 54.5 Å². The average molecular weight is 387 g/mol. The van der Waals surface area contributed by atoms with Crippen molar-refractivity contribution in [2.45, 2.75) is 39.3 Å². The van der Waals surface area contributed by atoms with Crippen LogP contribution in [-0.2, 0) is 6.42 Å². The molecule has 2 heterocycles. The number of hydrogen-bond acceptors (Lipinski definition) is 4. The lowest BCUT2D eigenvalue weighted by Crippen LogP contribution is -2.35. The van der Waals surface area contributed by atoms with Crippen LogP contribution in [-0.4, -0.2) is 23.0 Å². The van der Waals surface area contributed by atoms with Gasteiger partial charge in [-0.05, 0) is 63.1 Å². The standard InChI is InChI=1S/C24H25N3O2/c1-16(2)29-22-11-7-5-9-20(22)26-23-13-12-19(15-25-23)24(28)27-17(3)14-18-8-4-6-10-21(18)27/h4-13,15-17H,14H2,1-3H3,(H,25,26). The fraction of sp³-hybridized carbons (Fsp3) is 0.250. The van der Waals surface area contributed by atoms with Gasteiger partial charge in [0.05, 0.1) is 17.4 Å². The smallest absolute Gasteiger partial charge is 0.260 e. The third kappa shape index (κ3) is 3.94. The van der Waals surface area contributed by atoms with E-state index in [1.807, 2.05) is 73.3 Å². The van der Waals surface area contributed by atoms with Crippen LogP contribution in [0.15, 0.2) is 66.9 Å². The van der Waals surface area contributed by atoms with Crippen molar-refractivity contribution in [1.29, 1.82) is 0 Å². The number of rotatable bonds is 5. The largest absolute Gasteiger partial charge is 0.489 e. The van der Waals surface area contributed by atoms with Crippen molar-refractivity contribution >= 4 is 23.1 Å². The zero-order valence-corrected chi connectivity index (χ0v) is 16.9. The molecule has 1 aliphatic rings. The summed E-state index contributed by atoms with van der Waals surface area (Å²) in [5, 5.41) is 3.28. The summed E-state index contributed by atoms with van der Waals surface area (Å²) in [4.78, 5) is 19.4. The zero-order chi connectivity index (χ0) is 20.4. The molecule has 0 aliphatic carbocycles. The van der Waals surface area contributed by atoms with Crippen molar-refractivity contribution in [3.8, 4) is 5.75 Å². The molecule has 0 spiro atoms. The van der Waals surface area contributed by atoms with E-state index in [0.29, 0.717) is 11.4 Å². The molecule has 1 N–H and O–H groups in total. The molecule has 1 aliphatic heterocycles. The molecule has 148 valence electrons. The van der Waals surface area contributed by atoms with Crippen LogP contribution in [0.4, 0.5) is 17.2 Å². The molecule has 4 rings (SSSR count). The van der Waals surface area contributed by atoms with Gasteiger partial charge in [0.1, 0.15) is 11.6 Å². The van der Waals surface area contributed by atoms with Crippen LogP contribution >= 0.6 is 0 Å². The Hall–Kier alpha value is -3.34. The lowest BCUT2D eigenvalue weighted by Gasteiger charge is -2.22. The van der Waals surface area contributed by atoms with E-state index in [4.69, 9.17) is 4.74 Å². The molecule has 5 nitrogen and oxygen atoms in total. The van der Waals surface area contributed by atoms with E-state index in [2.05, 4.69) is 23.3 Å². The summed E-state index contributed by atoms with van der Waals surface area (Å²) in [6, 6.07) is 19.6. The number of anilines is 3. The van der Waals surface area contributed by atoms with Gasteiger partial charge in [0, 0.05) is 17.9 Å². The van der Waals surface area contributed by atoms with Gasteiger partial charge in [-0.2, -0.15) is 0 Å². The predicted molar refractivity (Wildman–Crippen MR) is 116 cm³/mol. The molecule has 0 saturated carbocycles. The monoisotopic (exact) mass is 387 g/mol. The van der Waals surface area contributed by atoms with Gasteiger partial charge in [0.15, 0.2) is 0 Å². The summed E-state index contributed by atoms with van der Waals surface area (Å²) in [5.74, 6) is 1.41. The Labute approximate surface area is 171 Å². The second-order valence-corrected chi connectivity index (χ2v) is 7.58. The quantitative estimate of drug-likeness (QED) is 0.653. The molecular formula is C24H25N3O2. The number of fused-ring (bicyclic) bond motifs is 1. The van der Waals surface area contributed by atoms with Crippen molar-refractivity contribution in [2.75, 3.05) is 10.2 Å². The maximum absolute atomic E-state index is 13.1. The normalized spacial score (nSPS) is 15.3. The van der Waals surface area contributed by atoms with Crippen LogP contribution in [0.1, 0.15) is 36.7 Å². The number of nitrogens with one attached hydrogen (secondary N) is 1. The Bertz CT molecular complexity index is 1010. The van der Waals surface area contributed by atoms with E-state index in [-0.39, 0.29) is 18.1 Å². The van der Waals surface area contributed by atoms with Gasteiger partial charge in [0.25, 0.3) is 5.91 Å². The van der Waals surface area contributed by atoms with Gasteiger partial charge >= 0.3 is 0 Å². The summed E-state index contributed by atoms with van der Waals surface area (Å²) in [5.41, 5.74) is 3.62. The molecule has 3 aromatic rings. The second-order valence-electron chi connectivity index (χ2n) is 7.58. The summed E-state index contributed by atoms with van der Waals surface area (Å²) >= 11 is 0. The van der Waals surface area contributed by atoms with Crippen LogP contribution < -0.4 is 15.0 Å². The molecule has 2 aromatic carbocycles. The Morgan fingerprint density at radius 1 is 1.10 bits per heavy atom. The molecule has 0 saturated heterocycles. The van der Waals surface area contributed by atoms with Crippen molar-refractivity contribution < 1.29 is 9.53 Å². The molecule has 1 amide bonds. The van der Waals surface area contributed by atoms with Gasteiger partial charge in [-0.15, -0.1) is 0 Å². The highest BCUT2D eigenvalue weighted by molar-refractivity contribution is 6.07. The second kappa shape index (κ2) is 7.95. The lowest BCUT2D eigenvalue weighted by atomic mass is 10.1. The molecule has 1 unspecified atom stereocenters. The van der Waals surface area contributed by atoms with Gasteiger partial charge in [-0.1, -0.05) is 30.3 Å². The predicted octanol–water partition coefficient (Wildman–Crippen LogP) is 5.20. The minimum absolute atomic E-state index is 0.0231. The van der Waals surface area contributed by atoms with E-state index >= 15 is 0 Å². The van der Waals surface area contributed by atoms with Crippen LogP contribution in [0.2, 0.25) is 0 Å². The van der Waals surface area contributed by atoms with Crippen molar-refractivity contribution in [3.63, 3.8) is 0 Å². The van der Waals surface area contributed by atoms with Crippen LogP contribution in [0.5, 0.6) is 5.75 Å². The van der Waals surface area contributed by atoms with E-state index in [9.17, 15) is 4.79 Å². The molecule has 1 aromatic heterocycles. The first-order valence-corrected chi connectivity index (χ1v) is 9.93. The van der Waals surface area contributed by atoms with Crippen molar-refractivity contribution in [3.05, 3.63) is 78.0 Å². The van der Waals surface area contributed by atoms with E-state index < -0.39 is 0 Å². The highest BCUT2D eigenvalue weighted by atomic mass is 16.5. The number of carbonyl (C=O) groups is 1. The van der Waals surface area contributed by atoms with Gasteiger partial charge in [-0.3, -0.25) is 4.79 Å².